The maximum Gasteiger partial charge on any atom is 0.252 e. The SMILES string of the molecule is Brc1cc(Br)cc(-c2nc(-c3cccc4ccccc34)nc(-c3cccc4ccccc34)n2)c1.N#Cc1cccc2ccccc12.O=C(Cl)c1cc(Br)cc(Br)c1. The van der Waals surface area contributed by atoms with E-state index < -0.39 is 5.24 Å². The van der Waals surface area contributed by atoms with Crippen LogP contribution in [0.4, 0.5) is 0 Å². The molecule has 1 heterocycles. The number of rotatable bonds is 4. The highest BCUT2D eigenvalue weighted by atomic mass is 79.9. The monoisotopic (exact) mass is 1010 g/mol. The number of aromatic nitrogens is 3. The van der Waals surface area contributed by atoms with Gasteiger partial charge in [-0.25, -0.2) is 15.0 Å². The van der Waals surface area contributed by atoms with Gasteiger partial charge in [-0.3, -0.25) is 4.79 Å². The van der Waals surface area contributed by atoms with Gasteiger partial charge in [-0.15, -0.1) is 0 Å². The lowest BCUT2D eigenvalue weighted by atomic mass is 10.0. The zero-order valence-corrected chi connectivity index (χ0v) is 36.8. The molecule has 1 aromatic heterocycles. The van der Waals surface area contributed by atoms with E-state index in [-0.39, 0.29) is 0 Å². The highest BCUT2D eigenvalue weighted by Crippen LogP contribution is 2.33. The fourth-order valence-corrected chi connectivity index (χ4v) is 8.96. The molecule has 0 aliphatic heterocycles. The Morgan fingerprint density at radius 2 is 0.860 bits per heavy atom. The fraction of sp³-hybridized carbons (Fsp3) is 0. The predicted octanol–water partition coefficient (Wildman–Crippen LogP) is 15.0. The van der Waals surface area contributed by atoms with E-state index in [1.807, 2.05) is 91.0 Å². The van der Waals surface area contributed by atoms with Gasteiger partial charge in [0.1, 0.15) is 0 Å². The van der Waals surface area contributed by atoms with Gasteiger partial charge in [0.15, 0.2) is 17.5 Å². The molecular weight excluding hydrogens is 992 g/mol. The van der Waals surface area contributed by atoms with Crippen molar-refractivity contribution in [1.82, 2.24) is 15.0 Å². The standard InChI is InChI=1S/C29H17Br2N3.C11H7N.C7H3Br2ClO/c30-21-15-20(16-22(31)17-21)27-32-28(25-13-5-9-18-7-1-3-11-23(18)25)34-29(33-27)26-14-6-10-19-8-2-4-12-24(19)26;12-8-10-6-3-5-9-4-1-2-7-11(9)10;8-5-1-4(7(10)11)2-6(9)3-5/h1-17H;1-7H;1-3H. The molecule has 9 rings (SSSR count). The lowest BCUT2D eigenvalue weighted by Crippen LogP contribution is -2.01. The van der Waals surface area contributed by atoms with Gasteiger partial charge < -0.3 is 0 Å². The van der Waals surface area contributed by atoms with Gasteiger partial charge in [-0.2, -0.15) is 5.26 Å². The van der Waals surface area contributed by atoms with Crippen LogP contribution in [0, 0.1) is 11.3 Å². The Labute approximate surface area is 367 Å². The third-order valence-corrected chi connectivity index (χ3v) is 10.9. The van der Waals surface area contributed by atoms with Crippen LogP contribution in [0.3, 0.4) is 0 Å². The summed E-state index contributed by atoms with van der Waals surface area (Å²) in [5.41, 5.74) is 4.10. The maximum atomic E-state index is 10.7. The van der Waals surface area contributed by atoms with Crippen LogP contribution in [0.1, 0.15) is 15.9 Å². The first-order chi connectivity index (χ1) is 27.7. The quantitative estimate of drug-likeness (QED) is 0.164. The second-order valence-electron chi connectivity index (χ2n) is 12.6. The van der Waals surface area contributed by atoms with E-state index in [0.29, 0.717) is 23.0 Å². The lowest BCUT2D eigenvalue weighted by Gasteiger charge is -2.12. The maximum absolute atomic E-state index is 10.7. The second kappa shape index (κ2) is 18.5. The summed E-state index contributed by atoms with van der Waals surface area (Å²) >= 11 is 18.9. The largest absolute Gasteiger partial charge is 0.276 e. The molecule has 276 valence electrons. The molecule has 0 spiro atoms. The van der Waals surface area contributed by atoms with Crippen molar-refractivity contribution in [1.29, 1.82) is 5.26 Å². The third kappa shape index (κ3) is 9.73. The van der Waals surface area contributed by atoms with Crippen LogP contribution in [0.15, 0.2) is 182 Å². The van der Waals surface area contributed by atoms with Crippen molar-refractivity contribution >= 4 is 113 Å². The van der Waals surface area contributed by atoms with Crippen LogP contribution in [0.2, 0.25) is 0 Å². The van der Waals surface area contributed by atoms with Crippen LogP contribution in [0.25, 0.3) is 66.5 Å². The molecule has 0 saturated carbocycles. The number of benzene rings is 8. The normalized spacial score (nSPS) is 10.6. The molecule has 0 saturated heterocycles. The van der Waals surface area contributed by atoms with Crippen molar-refractivity contribution < 1.29 is 4.79 Å². The number of fused-ring (bicyclic) bond motifs is 3. The van der Waals surface area contributed by atoms with Gasteiger partial charge in [-0.05, 0) is 86.4 Å². The van der Waals surface area contributed by atoms with Gasteiger partial charge in [0.2, 0.25) is 0 Å². The Balaban J connectivity index is 0.000000175. The van der Waals surface area contributed by atoms with E-state index in [2.05, 4.69) is 130 Å². The molecule has 0 amide bonds. The smallest absolute Gasteiger partial charge is 0.252 e. The summed E-state index contributed by atoms with van der Waals surface area (Å²) in [5, 5.41) is 15.0. The van der Waals surface area contributed by atoms with Gasteiger partial charge >= 0.3 is 0 Å². The average molecular weight is 1020 g/mol. The van der Waals surface area contributed by atoms with Crippen LogP contribution in [-0.4, -0.2) is 20.2 Å². The Bertz CT molecular complexity index is 2830. The summed E-state index contributed by atoms with van der Waals surface area (Å²) in [6.07, 6.45) is 0. The average Bonchev–Trinajstić information content (AvgIpc) is 3.22. The van der Waals surface area contributed by atoms with Crippen molar-refractivity contribution in [2.45, 2.75) is 0 Å². The predicted molar refractivity (Wildman–Crippen MR) is 247 cm³/mol. The van der Waals surface area contributed by atoms with E-state index in [1.165, 1.54) is 0 Å². The van der Waals surface area contributed by atoms with Gasteiger partial charge in [0, 0.05) is 40.1 Å². The van der Waals surface area contributed by atoms with Crippen molar-refractivity contribution in [3.05, 3.63) is 193 Å². The number of nitrogens with zero attached hydrogens (tertiary/aromatic N) is 4. The van der Waals surface area contributed by atoms with E-state index in [9.17, 15) is 4.79 Å². The van der Waals surface area contributed by atoms with Gasteiger partial charge in [0.05, 0.1) is 11.6 Å². The summed E-state index contributed by atoms with van der Waals surface area (Å²) in [6, 6.07) is 56.1. The molecule has 8 aromatic carbocycles. The summed E-state index contributed by atoms with van der Waals surface area (Å²) in [5.74, 6) is 1.93. The number of carbonyl (C=O) groups excluding carboxylic acids is 1. The first kappa shape index (κ1) is 40.1. The molecule has 10 heteroatoms. The molecule has 0 fully saturated rings. The number of hydrogen-bond donors (Lipinski definition) is 0. The molecule has 0 aliphatic rings. The molecule has 9 aromatic rings. The Morgan fingerprint density at radius 3 is 1.33 bits per heavy atom. The van der Waals surface area contributed by atoms with E-state index in [1.54, 1.807) is 12.1 Å². The van der Waals surface area contributed by atoms with Crippen molar-refractivity contribution in [3.8, 4) is 40.2 Å². The first-order valence-electron chi connectivity index (χ1n) is 17.4. The molecule has 0 N–H and O–H groups in total. The summed E-state index contributed by atoms with van der Waals surface area (Å²) < 4.78 is 3.57. The van der Waals surface area contributed by atoms with Crippen LogP contribution in [-0.2, 0) is 0 Å². The topological polar surface area (TPSA) is 79.5 Å². The summed E-state index contributed by atoms with van der Waals surface area (Å²) in [4.78, 5) is 25.6. The second-order valence-corrected chi connectivity index (χ2v) is 16.6. The highest BCUT2D eigenvalue weighted by molar-refractivity contribution is 9.11. The van der Waals surface area contributed by atoms with Crippen LogP contribution < -0.4 is 0 Å². The van der Waals surface area contributed by atoms with Crippen LogP contribution >= 0.6 is 75.3 Å². The van der Waals surface area contributed by atoms with E-state index in [0.717, 1.165) is 72.5 Å². The molecule has 57 heavy (non-hydrogen) atoms. The van der Waals surface area contributed by atoms with E-state index in [4.69, 9.17) is 31.8 Å². The van der Waals surface area contributed by atoms with Crippen molar-refractivity contribution in [2.75, 3.05) is 0 Å². The Morgan fingerprint density at radius 1 is 0.474 bits per heavy atom. The molecule has 0 aliphatic carbocycles. The van der Waals surface area contributed by atoms with Crippen molar-refractivity contribution in [2.24, 2.45) is 0 Å². The molecule has 0 unspecified atom stereocenters. The lowest BCUT2D eigenvalue weighted by molar-refractivity contribution is 0.108. The summed E-state index contributed by atoms with van der Waals surface area (Å²) in [7, 11) is 0. The minimum absolute atomic E-state index is 0.452. The highest BCUT2D eigenvalue weighted by Gasteiger charge is 2.16. The van der Waals surface area contributed by atoms with Crippen LogP contribution in [0.5, 0.6) is 0 Å². The minimum Gasteiger partial charge on any atom is -0.276 e. The number of carbonyl (C=O) groups is 1. The Hall–Kier alpha value is -5.08. The molecular formula is C47H27Br4ClN4O. The summed E-state index contributed by atoms with van der Waals surface area (Å²) in [6.45, 7) is 0. The molecule has 0 bridgehead atoms. The van der Waals surface area contributed by atoms with E-state index >= 15 is 0 Å². The van der Waals surface area contributed by atoms with Gasteiger partial charge in [-0.1, -0.05) is 185 Å². The zero-order valence-electron chi connectivity index (χ0n) is 29.7. The Kier molecular flexibility index (Phi) is 13.0. The van der Waals surface area contributed by atoms with Crippen molar-refractivity contribution in [3.63, 3.8) is 0 Å². The fourth-order valence-electron chi connectivity index (χ4n) is 6.26. The zero-order chi connectivity index (χ0) is 39.9. The minimum atomic E-state index is -0.452. The molecule has 0 radical (unpaired) electrons. The molecule has 5 nitrogen and oxygen atoms in total. The van der Waals surface area contributed by atoms with Gasteiger partial charge in [0.25, 0.3) is 5.24 Å². The number of hydrogen-bond acceptors (Lipinski definition) is 5. The third-order valence-electron chi connectivity index (χ3n) is 8.82. The first-order valence-corrected chi connectivity index (χ1v) is 20.9. The number of nitriles is 1. The number of halogens is 5. The molecule has 0 atom stereocenters.